The Balaban J connectivity index is 1.86. The molecule has 1 fully saturated rings. The molecule has 104 valence electrons. The number of hydrogen-bond acceptors (Lipinski definition) is 2. The minimum atomic E-state index is -0.880. The van der Waals surface area contributed by atoms with Gasteiger partial charge in [0.2, 0.25) is 0 Å². The highest BCUT2D eigenvalue weighted by Gasteiger charge is 2.31. The summed E-state index contributed by atoms with van der Waals surface area (Å²) in [6.07, 6.45) is 2.58. The number of hydrogen-bond donors (Lipinski definition) is 2. The Kier molecular flexibility index (Phi) is 3.48. The molecular weight excluding hydrogens is 322 g/mol. The number of imidazole rings is 1. The van der Waals surface area contributed by atoms with Gasteiger partial charge >= 0.3 is 6.09 Å². The number of aromatic amines is 1. The first-order valence-electron chi connectivity index (χ1n) is 6.45. The highest BCUT2D eigenvalue weighted by molar-refractivity contribution is 9.10. The molecule has 20 heavy (non-hydrogen) atoms. The maximum atomic E-state index is 11.2. The Bertz CT molecular complexity index is 624. The number of carboxylic acid groups (broad SMARTS) is 1. The van der Waals surface area contributed by atoms with Crippen LogP contribution >= 0.6 is 15.9 Å². The van der Waals surface area contributed by atoms with Crippen molar-refractivity contribution >= 4 is 22.0 Å². The van der Waals surface area contributed by atoms with Crippen LogP contribution in [0.25, 0.3) is 11.3 Å². The molecule has 0 spiro atoms. The number of nitrogens with one attached hydrogen (secondary N) is 1. The SMILES string of the molecule is O=C(O)N1CCCC1c1ncc(-c2ccc(Br)cc2)[nH]1. The average molecular weight is 336 g/mol. The van der Waals surface area contributed by atoms with E-state index in [0.717, 1.165) is 34.4 Å². The molecule has 3 rings (SSSR count). The number of nitrogens with zero attached hydrogens (tertiary/aromatic N) is 2. The van der Waals surface area contributed by atoms with E-state index in [0.29, 0.717) is 6.54 Å². The molecule has 0 saturated carbocycles. The lowest BCUT2D eigenvalue weighted by molar-refractivity contribution is 0.139. The summed E-state index contributed by atoms with van der Waals surface area (Å²) in [5.74, 6) is 0.725. The van der Waals surface area contributed by atoms with Crippen LogP contribution in [0.15, 0.2) is 34.9 Å². The van der Waals surface area contributed by atoms with Crippen LogP contribution in [0.5, 0.6) is 0 Å². The maximum Gasteiger partial charge on any atom is 0.407 e. The van der Waals surface area contributed by atoms with Gasteiger partial charge in [0.15, 0.2) is 0 Å². The third kappa shape index (κ3) is 2.43. The third-order valence-corrected chi connectivity index (χ3v) is 4.09. The number of rotatable bonds is 2. The summed E-state index contributed by atoms with van der Waals surface area (Å²) in [4.78, 5) is 20.2. The minimum Gasteiger partial charge on any atom is -0.465 e. The predicted molar refractivity (Wildman–Crippen MR) is 78.4 cm³/mol. The Morgan fingerprint density at radius 2 is 2.15 bits per heavy atom. The number of benzene rings is 1. The number of carbonyl (C=O) groups is 1. The van der Waals surface area contributed by atoms with Gasteiger partial charge in [-0.2, -0.15) is 0 Å². The summed E-state index contributed by atoms with van der Waals surface area (Å²) in [6.45, 7) is 0.578. The molecule has 1 aromatic carbocycles. The Morgan fingerprint density at radius 3 is 2.85 bits per heavy atom. The van der Waals surface area contributed by atoms with Gasteiger partial charge in [-0.3, -0.25) is 4.90 Å². The quantitative estimate of drug-likeness (QED) is 0.879. The smallest absolute Gasteiger partial charge is 0.407 e. The molecule has 2 N–H and O–H groups in total. The van der Waals surface area contributed by atoms with Crippen LogP contribution in [0.4, 0.5) is 4.79 Å². The second kappa shape index (κ2) is 5.28. The van der Waals surface area contributed by atoms with Crippen molar-refractivity contribution in [3.05, 3.63) is 40.8 Å². The molecule has 2 heterocycles. The van der Waals surface area contributed by atoms with Crippen molar-refractivity contribution in [1.82, 2.24) is 14.9 Å². The Morgan fingerprint density at radius 1 is 1.40 bits per heavy atom. The molecule has 1 unspecified atom stereocenters. The van der Waals surface area contributed by atoms with Gasteiger partial charge in [0, 0.05) is 11.0 Å². The van der Waals surface area contributed by atoms with E-state index in [1.54, 1.807) is 6.20 Å². The molecule has 1 aliphatic rings. The third-order valence-electron chi connectivity index (χ3n) is 3.56. The Labute approximate surface area is 124 Å². The van der Waals surface area contributed by atoms with Crippen LogP contribution in [0.3, 0.4) is 0 Å². The van der Waals surface area contributed by atoms with E-state index in [2.05, 4.69) is 25.9 Å². The fraction of sp³-hybridized carbons (Fsp3) is 0.286. The second-order valence-electron chi connectivity index (χ2n) is 4.82. The first-order chi connectivity index (χ1) is 9.65. The number of amides is 1. The van der Waals surface area contributed by atoms with Crippen molar-refractivity contribution in [2.24, 2.45) is 0 Å². The first kappa shape index (κ1) is 13.2. The van der Waals surface area contributed by atoms with Gasteiger partial charge in [0.1, 0.15) is 5.82 Å². The van der Waals surface area contributed by atoms with Crippen LogP contribution in [0.2, 0.25) is 0 Å². The lowest BCUT2D eigenvalue weighted by atomic mass is 10.2. The molecule has 0 bridgehead atoms. The monoisotopic (exact) mass is 335 g/mol. The minimum absolute atomic E-state index is 0.156. The van der Waals surface area contributed by atoms with E-state index in [-0.39, 0.29) is 6.04 Å². The van der Waals surface area contributed by atoms with E-state index < -0.39 is 6.09 Å². The zero-order chi connectivity index (χ0) is 14.1. The summed E-state index contributed by atoms with van der Waals surface area (Å²) in [5.41, 5.74) is 1.94. The van der Waals surface area contributed by atoms with E-state index >= 15 is 0 Å². The zero-order valence-electron chi connectivity index (χ0n) is 10.7. The summed E-state index contributed by atoms with van der Waals surface area (Å²) in [5, 5.41) is 9.18. The highest BCUT2D eigenvalue weighted by Crippen LogP contribution is 2.31. The Hall–Kier alpha value is -1.82. The number of halogens is 1. The lowest BCUT2D eigenvalue weighted by Gasteiger charge is -2.19. The highest BCUT2D eigenvalue weighted by atomic mass is 79.9. The van der Waals surface area contributed by atoms with Gasteiger partial charge in [-0.1, -0.05) is 28.1 Å². The van der Waals surface area contributed by atoms with Crippen LogP contribution in [-0.2, 0) is 0 Å². The summed E-state index contributed by atoms with van der Waals surface area (Å²) >= 11 is 3.40. The molecule has 1 saturated heterocycles. The largest absolute Gasteiger partial charge is 0.465 e. The molecule has 6 heteroatoms. The van der Waals surface area contributed by atoms with Crippen LogP contribution in [-0.4, -0.2) is 32.6 Å². The molecule has 2 aromatic rings. The fourth-order valence-electron chi connectivity index (χ4n) is 2.56. The van der Waals surface area contributed by atoms with Crippen molar-refractivity contribution in [3.8, 4) is 11.3 Å². The predicted octanol–water partition coefficient (Wildman–Crippen LogP) is 3.65. The van der Waals surface area contributed by atoms with Gasteiger partial charge in [-0.15, -0.1) is 0 Å². The molecular formula is C14H14BrN3O2. The first-order valence-corrected chi connectivity index (χ1v) is 7.25. The van der Waals surface area contributed by atoms with E-state index in [4.69, 9.17) is 0 Å². The van der Waals surface area contributed by atoms with Crippen molar-refractivity contribution in [2.75, 3.05) is 6.54 Å². The number of likely N-dealkylation sites (tertiary alicyclic amines) is 1. The zero-order valence-corrected chi connectivity index (χ0v) is 12.3. The normalized spacial score (nSPS) is 18.4. The topological polar surface area (TPSA) is 69.2 Å². The summed E-state index contributed by atoms with van der Waals surface area (Å²) in [6, 6.07) is 7.76. The maximum absolute atomic E-state index is 11.2. The van der Waals surface area contributed by atoms with Crippen LogP contribution in [0.1, 0.15) is 24.7 Å². The fourth-order valence-corrected chi connectivity index (χ4v) is 2.83. The number of aromatic nitrogens is 2. The number of H-pyrrole nitrogens is 1. The molecule has 1 amide bonds. The second-order valence-corrected chi connectivity index (χ2v) is 5.74. The molecule has 0 radical (unpaired) electrons. The van der Waals surface area contributed by atoms with E-state index in [9.17, 15) is 9.90 Å². The molecule has 1 atom stereocenters. The van der Waals surface area contributed by atoms with E-state index in [1.165, 1.54) is 4.90 Å². The van der Waals surface area contributed by atoms with Crippen molar-refractivity contribution in [3.63, 3.8) is 0 Å². The van der Waals surface area contributed by atoms with Crippen molar-refractivity contribution < 1.29 is 9.90 Å². The van der Waals surface area contributed by atoms with Crippen molar-refractivity contribution in [2.45, 2.75) is 18.9 Å². The standard InChI is InChI=1S/C14H14BrN3O2/c15-10-5-3-9(4-6-10)11-8-16-13(17-11)12-2-1-7-18(12)14(19)20/h3-6,8,12H,1-2,7H2,(H,16,17)(H,19,20). The van der Waals surface area contributed by atoms with Gasteiger partial charge in [0.25, 0.3) is 0 Å². The molecule has 1 aliphatic heterocycles. The molecule has 5 nitrogen and oxygen atoms in total. The van der Waals surface area contributed by atoms with Gasteiger partial charge in [-0.05, 0) is 30.5 Å². The molecule has 1 aromatic heterocycles. The average Bonchev–Trinajstić information content (AvgIpc) is 3.08. The summed E-state index contributed by atoms with van der Waals surface area (Å²) < 4.78 is 1.02. The summed E-state index contributed by atoms with van der Waals surface area (Å²) in [7, 11) is 0. The molecule has 0 aliphatic carbocycles. The van der Waals surface area contributed by atoms with Crippen LogP contribution in [0, 0.1) is 0 Å². The van der Waals surface area contributed by atoms with E-state index in [1.807, 2.05) is 24.3 Å². The lowest BCUT2D eigenvalue weighted by Crippen LogP contribution is -2.29. The van der Waals surface area contributed by atoms with Gasteiger partial charge in [0.05, 0.1) is 17.9 Å². The van der Waals surface area contributed by atoms with Crippen molar-refractivity contribution in [1.29, 1.82) is 0 Å². The van der Waals surface area contributed by atoms with Gasteiger partial charge in [-0.25, -0.2) is 9.78 Å². The van der Waals surface area contributed by atoms with Gasteiger partial charge < -0.3 is 10.1 Å². The van der Waals surface area contributed by atoms with Crippen LogP contribution < -0.4 is 0 Å².